The van der Waals surface area contributed by atoms with Gasteiger partial charge in [-0.25, -0.2) is 0 Å². The quantitative estimate of drug-likeness (QED) is 0.637. The van der Waals surface area contributed by atoms with E-state index in [-0.39, 0.29) is 5.91 Å². The van der Waals surface area contributed by atoms with Crippen molar-refractivity contribution >= 4 is 5.91 Å². The molecule has 1 aliphatic rings. The van der Waals surface area contributed by atoms with Gasteiger partial charge in [-0.2, -0.15) is 0 Å². The Hall–Kier alpha value is -0.790. The zero-order valence-electron chi connectivity index (χ0n) is 8.05. The van der Waals surface area contributed by atoms with Crippen LogP contribution in [0.15, 0.2) is 12.7 Å². The van der Waals surface area contributed by atoms with Gasteiger partial charge in [0.1, 0.15) is 0 Å². The van der Waals surface area contributed by atoms with Crippen molar-refractivity contribution in [2.24, 2.45) is 11.3 Å². The van der Waals surface area contributed by atoms with Crippen molar-refractivity contribution < 1.29 is 4.79 Å². The molecule has 0 radical (unpaired) electrons. The summed E-state index contributed by atoms with van der Waals surface area (Å²) in [7, 11) is 0. The Balaban J connectivity index is 2.42. The molecule has 1 aliphatic carbocycles. The SMILES string of the molecule is C=CC(=O)NC1CC1(C)C(C)C. The van der Waals surface area contributed by atoms with Crippen LogP contribution in [0, 0.1) is 11.3 Å². The molecule has 2 unspecified atom stereocenters. The highest BCUT2D eigenvalue weighted by Gasteiger charge is 2.52. The minimum atomic E-state index is -0.0515. The first-order valence-electron chi connectivity index (χ1n) is 4.43. The molecule has 0 spiro atoms. The molecular formula is C10H17NO. The minimum Gasteiger partial charge on any atom is -0.349 e. The zero-order chi connectivity index (χ0) is 9.35. The van der Waals surface area contributed by atoms with Gasteiger partial charge in [-0.05, 0) is 23.8 Å². The molecule has 12 heavy (non-hydrogen) atoms. The fraction of sp³-hybridized carbons (Fsp3) is 0.700. The maximum Gasteiger partial charge on any atom is 0.243 e. The maximum absolute atomic E-state index is 10.9. The van der Waals surface area contributed by atoms with E-state index in [2.05, 4.69) is 32.7 Å². The van der Waals surface area contributed by atoms with E-state index in [4.69, 9.17) is 0 Å². The third kappa shape index (κ3) is 1.52. The van der Waals surface area contributed by atoms with Crippen molar-refractivity contribution in [2.75, 3.05) is 0 Å². The normalized spacial score (nSPS) is 33.2. The molecule has 0 heterocycles. The van der Waals surface area contributed by atoms with Crippen molar-refractivity contribution in [3.05, 3.63) is 12.7 Å². The van der Waals surface area contributed by atoms with E-state index >= 15 is 0 Å². The van der Waals surface area contributed by atoms with E-state index in [1.165, 1.54) is 6.08 Å². The van der Waals surface area contributed by atoms with Gasteiger partial charge in [0.15, 0.2) is 0 Å². The van der Waals surface area contributed by atoms with Gasteiger partial charge >= 0.3 is 0 Å². The summed E-state index contributed by atoms with van der Waals surface area (Å²) in [4.78, 5) is 10.9. The van der Waals surface area contributed by atoms with E-state index in [9.17, 15) is 4.79 Å². The molecule has 0 saturated heterocycles. The van der Waals surface area contributed by atoms with Crippen LogP contribution in [0.25, 0.3) is 0 Å². The first-order chi connectivity index (χ1) is 5.50. The lowest BCUT2D eigenvalue weighted by Gasteiger charge is -2.15. The Labute approximate surface area is 74.0 Å². The number of nitrogens with one attached hydrogen (secondary N) is 1. The number of rotatable bonds is 3. The molecule has 0 aromatic carbocycles. The zero-order valence-corrected chi connectivity index (χ0v) is 8.05. The van der Waals surface area contributed by atoms with Crippen LogP contribution < -0.4 is 5.32 Å². The fourth-order valence-electron chi connectivity index (χ4n) is 1.47. The van der Waals surface area contributed by atoms with E-state index in [1.54, 1.807) is 0 Å². The highest BCUT2D eigenvalue weighted by molar-refractivity contribution is 5.87. The van der Waals surface area contributed by atoms with Gasteiger partial charge in [0.25, 0.3) is 0 Å². The third-order valence-corrected chi connectivity index (χ3v) is 3.10. The minimum absolute atomic E-state index is 0.0515. The second kappa shape index (κ2) is 2.92. The number of hydrogen-bond donors (Lipinski definition) is 1. The van der Waals surface area contributed by atoms with E-state index in [1.807, 2.05) is 0 Å². The van der Waals surface area contributed by atoms with Gasteiger partial charge in [0, 0.05) is 6.04 Å². The molecular weight excluding hydrogens is 150 g/mol. The average Bonchev–Trinajstić information content (AvgIpc) is 2.63. The average molecular weight is 167 g/mol. The first kappa shape index (κ1) is 9.30. The number of carbonyl (C=O) groups is 1. The largest absolute Gasteiger partial charge is 0.349 e. The second-order valence-corrected chi connectivity index (χ2v) is 4.13. The van der Waals surface area contributed by atoms with E-state index in [0.717, 1.165) is 6.42 Å². The molecule has 1 rings (SSSR count). The molecule has 0 aliphatic heterocycles. The molecule has 1 N–H and O–H groups in total. The van der Waals surface area contributed by atoms with Crippen LogP contribution in [0.3, 0.4) is 0 Å². The molecule has 1 amide bonds. The Bertz CT molecular complexity index is 210. The second-order valence-electron chi connectivity index (χ2n) is 4.13. The first-order valence-corrected chi connectivity index (χ1v) is 4.43. The van der Waals surface area contributed by atoms with Crippen molar-refractivity contribution in [2.45, 2.75) is 33.2 Å². The number of amides is 1. The lowest BCUT2D eigenvalue weighted by molar-refractivity contribution is -0.116. The van der Waals surface area contributed by atoms with Crippen LogP contribution in [-0.2, 0) is 4.79 Å². The van der Waals surface area contributed by atoms with Crippen LogP contribution in [0.5, 0.6) is 0 Å². The molecule has 0 bridgehead atoms. The summed E-state index contributed by atoms with van der Waals surface area (Å²) in [6, 6.07) is 0.364. The smallest absolute Gasteiger partial charge is 0.243 e. The Kier molecular flexibility index (Phi) is 2.27. The van der Waals surface area contributed by atoms with Gasteiger partial charge in [-0.3, -0.25) is 4.79 Å². The van der Waals surface area contributed by atoms with Crippen molar-refractivity contribution in [3.63, 3.8) is 0 Å². The molecule has 2 heteroatoms. The van der Waals surface area contributed by atoms with E-state index < -0.39 is 0 Å². The molecule has 1 fully saturated rings. The van der Waals surface area contributed by atoms with Gasteiger partial charge in [-0.15, -0.1) is 0 Å². The van der Waals surface area contributed by atoms with Crippen LogP contribution >= 0.6 is 0 Å². The lowest BCUT2D eigenvalue weighted by Crippen LogP contribution is -2.28. The third-order valence-electron chi connectivity index (χ3n) is 3.10. The monoisotopic (exact) mass is 167 g/mol. The summed E-state index contributed by atoms with van der Waals surface area (Å²) in [5, 5.41) is 2.92. The van der Waals surface area contributed by atoms with Gasteiger partial charge in [0.2, 0.25) is 5.91 Å². The van der Waals surface area contributed by atoms with Crippen LogP contribution in [-0.4, -0.2) is 11.9 Å². The van der Waals surface area contributed by atoms with Crippen LogP contribution in [0.4, 0.5) is 0 Å². The summed E-state index contributed by atoms with van der Waals surface area (Å²) in [5.41, 5.74) is 0.318. The van der Waals surface area contributed by atoms with Crippen molar-refractivity contribution in [1.82, 2.24) is 5.32 Å². The molecule has 68 valence electrons. The number of carbonyl (C=O) groups excluding carboxylic acids is 1. The predicted molar refractivity (Wildman–Crippen MR) is 49.7 cm³/mol. The summed E-state index contributed by atoms with van der Waals surface area (Å²) in [6.07, 6.45) is 2.43. The molecule has 0 aromatic heterocycles. The van der Waals surface area contributed by atoms with Crippen molar-refractivity contribution in [3.8, 4) is 0 Å². The summed E-state index contributed by atoms with van der Waals surface area (Å²) < 4.78 is 0. The van der Waals surface area contributed by atoms with Gasteiger partial charge < -0.3 is 5.32 Å². The molecule has 2 nitrogen and oxygen atoms in total. The predicted octanol–water partition coefficient (Wildman–Crippen LogP) is 1.72. The highest BCUT2D eigenvalue weighted by Crippen LogP contribution is 2.51. The van der Waals surface area contributed by atoms with Gasteiger partial charge in [-0.1, -0.05) is 27.4 Å². The molecule has 2 atom stereocenters. The Morgan fingerprint density at radius 3 is 2.67 bits per heavy atom. The summed E-state index contributed by atoms with van der Waals surface area (Å²) in [6.45, 7) is 10.0. The van der Waals surface area contributed by atoms with Crippen molar-refractivity contribution in [1.29, 1.82) is 0 Å². The maximum atomic E-state index is 10.9. The number of hydrogen-bond acceptors (Lipinski definition) is 1. The topological polar surface area (TPSA) is 29.1 Å². The van der Waals surface area contributed by atoms with Crippen LogP contribution in [0.2, 0.25) is 0 Å². The Morgan fingerprint density at radius 1 is 1.75 bits per heavy atom. The molecule has 1 saturated carbocycles. The van der Waals surface area contributed by atoms with Gasteiger partial charge in [0.05, 0.1) is 0 Å². The standard InChI is InChI=1S/C10H17NO/c1-5-9(12)11-8-6-10(8,4)7(2)3/h5,7-8H,1,6H2,2-4H3,(H,11,12). The van der Waals surface area contributed by atoms with E-state index in [0.29, 0.717) is 17.4 Å². The highest BCUT2D eigenvalue weighted by atomic mass is 16.1. The fourth-order valence-corrected chi connectivity index (χ4v) is 1.47. The lowest BCUT2D eigenvalue weighted by atomic mass is 9.94. The Morgan fingerprint density at radius 2 is 2.33 bits per heavy atom. The molecule has 0 aromatic rings. The summed E-state index contributed by atoms with van der Waals surface area (Å²) >= 11 is 0. The van der Waals surface area contributed by atoms with Crippen LogP contribution in [0.1, 0.15) is 27.2 Å². The summed E-state index contributed by atoms with van der Waals surface area (Å²) in [5.74, 6) is 0.581.